The van der Waals surface area contributed by atoms with Crippen LogP contribution in [0.2, 0.25) is 0 Å². The fraction of sp³-hybridized carbons (Fsp3) is 0.357. The predicted molar refractivity (Wildman–Crippen MR) is 146 cm³/mol. The van der Waals surface area contributed by atoms with Gasteiger partial charge >= 0.3 is 6.03 Å². The standard InChI is InChI=1S/C28H29N7O5/c1-39-22-6-9-33(16-22)24-12-25(30-14-21(24)13-29)32-28(38)35-8-4-5-19-11-20(23(17-36)31-27(19)35)15-34-7-2-3-10-40-26(34)18-37/h2-3,7,10-12,14,17-18,22,26H,4-6,8-9,15-16H2,1H3,(H,30,32,38)/t22-,26-/m1/s1. The van der Waals surface area contributed by atoms with Gasteiger partial charge in [0.2, 0.25) is 6.23 Å². The molecule has 2 aromatic rings. The van der Waals surface area contributed by atoms with Gasteiger partial charge in [-0.05, 0) is 43.0 Å². The van der Waals surface area contributed by atoms with Crippen LogP contribution in [0.3, 0.4) is 0 Å². The number of aryl methyl sites for hydroxylation is 1. The number of fused-ring (bicyclic) bond motifs is 1. The van der Waals surface area contributed by atoms with Gasteiger partial charge in [-0.3, -0.25) is 19.8 Å². The number of hydrogen-bond acceptors (Lipinski definition) is 10. The molecule has 2 amide bonds. The molecule has 3 aliphatic heterocycles. The molecular weight excluding hydrogens is 514 g/mol. The maximum atomic E-state index is 13.4. The van der Waals surface area contributed by atoms with Gasteiger partial charge in [0.25, 0.3) is 0 Å². The molecular formula is C28H29N7O5. The Balaban J connectivity index is 1.37. The summed E-state index contributed by atoms with van der Waals surface area (Å²) < 4.78 is 10.9. The highest BCUT2D eigenvalue weighted by molar-refractivity contribution is 6.02. The third-order valence-electron chi connectivity index (χ3n) is 7.17. The topological polar surface area (TPSA) is 141 Å². The number of aromatic nitrogens is 2. The molecule has 1 fully saturated rings. The smallest absolute Gasteiger partial charge is 0.328 e. The van der Waals surface area contributed by atoms with Crippen molar-refractivity contribution in [3.05, 3.63) is 65.3 Å². The molecule has 0 radical (unpaired) electrons. The monoisotopic (exact) mass is 543 g/mol. The van der Waals surface area contributed by atoms with E-state index in [1.807, 2.05) is 6.07 Å². The highest BCUT2D eigenvalue weighted by Gasteiger charge is 2.29. The van der Waals surface area contributed by atoms with Crippen molar-refractivity contribution >= 4 is 35.9 Å². The first-order valence-electron chi connectivity index (χ1n) is 13.0. The van der Waals surface area contributed by atoms with Crippen molar-refractivity contribution in [3.63, 3.8) is 0 Å². The lowest BCUT2D eigenvalue weighted by molar-refractivity contribution is -0.122. The summed E-state index contributed by atoms with van der Waals surface area (Å²) in [6, 6.07) is 5.29. The molecule has 3 aliphatic rings. The zero-order chi connectivity index (χ0) is 28.1. The van der Waals surface area contributed by atoms with Crippen LogP contribution in [0.1, 0.15) is 40.0 Å². The molecule has 12 heteroatoms. The zero-order valence-electron chi connectivity index (χ0n) is 22.0. The van der Waals surface area contributed by atoms with Crippen LogP contribution >= 0.6 is 0 Å². The summed E-state index contributed by atoms with van der Waals surface area (Å²) in [4.78, 5) is 51.0. The lowest BCUT2D eigenvalue weighted by atomic mass is 10.0. The number of pyridine rings is 2. The Hall–Kier alpha value is -4.76. The molecule has 5 rings (SSSR count). The first-order valence-corrected chi connectivity index (χ1v) is 13.0. The van der Waals surface area contributed by atoms with Crippen LogP contribution in [0.15, 0.2) is 42.9 Å². The third-order valence-corrected chi connectivity index (χ3v) is 7.17. The van der Waals surface area contributed by atoms with E-state index in [4.69, 9.17) is 9.47 Å². The minimum absolute atomic E-state index is 0.0782. The summed E-state index contributed by atoms with van der Waals surface area (Å²) in [6.07, 6.45) is 10.8. The molecule has 0 aliphatic carbocycles. The molecule has 1 N–H and O–H groups in total. The summed E-state index contributed by atoms with van der Waals surface area (Å²) in [7, 11) is 1.67. The van der Waals surface area contributed by atoms with Gasteiger partial charge in [0.05, 0.1) is 23.6 Å². The van der Waals surface area contributed by atoms with E-state index in [-0.39, 0.29) is 18.3 Å². The Morgan fingerprint density at radius 1 is 1.30 bits per heavy atom. The Morgan fingerprint density at radius 3 is 2.92 bits per heavy atom. The number of methoxy groups -OCH3 is 1. The molecule has 5 heterocycles. The van der Waals surface area contributed by atoms with Crippen LogP contribution in [0.4, 0.5) is 22.1 Å². The number of anilines is 3. The number of hydrogen-bond donors (Lipinski definition) is 1. The van der Waals surface area contributed by atoms with Crippen molar-refractivity contribution in [2.24, 2.45) is 0 Å². The van der Waals surface area contributed by atoms with Crippen molar-refractivity contribution in [3.8, 4) is 6.07 Å². The highest BCUT2D eigenvalue weighted by atomic mass is 16.5. The molecule has 0 saturated carbocycles. The van der Waals surface area contributed by atoms with Crippen molar-refractivity contribution in [2.75, 3.05) is 41.9 Å². The SMILES string of the molecule is CO[C@@H]1CCN(c2cc(NC(=O)N3CCCc4cc(CN5C=CC=CO[C@@H]5C=O)c(C=O)nc43)ncc2C#N)C1. The molecule has 1 saturated heterocycles. The van der Waals surface area contributed by atoms with E-state index in [9.17, 15) is 19.6 Å². The van der Waals surface area contributed by atoms with Gasteiger partial charge in [-0.2, -0.15) is 5.26 Å². The third kappa shape index (κ3) is 5.50. The van der Waals surface area contributed by atoms with Gasteiger partial charge in [-0.15, -0.1) is 0 Å². The number of amides is 2. The van der Waals surface area contributed by atoms with Crippen LogP contribution in [0, 0.1) is 11.3 Å². The largest absolute Gasteiger partial charge is 0.471 e. The number of carbonyl (C=O) groups excluding carboxylic acids is 3. The second-order valence-corrected chi connectivity index (χ2v) is 9.61. The zero-order valence-corrected chi connectivity index (χ0v) is 22.0. The lowest BCUT2D eigenvalue weighted by Crippen LogP contribution is -2.40. The normalized spacial score (nSPS) is 19.9. The number of rotatable bonds is 7. The summed E-state index contributed by atoms with van der Waals surface area (Å²) >= 11 is 0. The van der Waals surface area contributed by atoms with Gasteiger partial charge in [0.1, 0.15) is 23.4 Å². The Kier molecular flexibility index (Phi) is 8.02. The second-order valence-electron chi connectivity index (χ2n) is 9.61. The molecule has 0 bridgehead atoms. The fourth-order valence-corrected chi connectivity index (χ4v) is 5.11. The van der Waals surface area contributed by atoms with E-state index >= 15 is 0 Å². The van der Waals surface area contributed by atoms with E-state index < -0.39 is 12.3 Å². The number of ether oxygens (including phenoxy) is 2. The summed E-state index contributed by atoms with van der Waals surface area (Å²) in [5.41, 5.74) is 2.72. The predicted octanol–water partition coefficient (Wildman–Crippen LogP) is 2.76. The molecule has 0 aromatic carbocycles. The highest BCUT2D eigenvalue weighted by Crippen LogP contribution is 2.30. The number of nitrogens with zero attached hydrogens (tertiary/aromatic N) is 6. The first-order chi connectivity index (χ1) is 19.5. The quantitative estimate of drug-likeness (QED) is 0.518. The Bertz CT molecular complexity index is 1400. The van der Waals surface area contributed by atoms with Gasteiger partial charge < -0.3 is 19.3 Å². The van der Waals surface area contributed by atoms with Crippen LogP contribution in [-0.4, -0.2) is 72.5 Å². The van der Waals surface area contributed by atoms with Crippen molar-refractivity contribution in [1.29, 1.82) is 5.26 Å². The molecule has 40 heavy (non-hydrogen) atoms. The number of nitrogens with one attached hydrogen (secondary N) is 1. The number of urea groups is 1. The molecule has 2 aromatic heterocycles. The maximum absolute atomic E-state index is 13.4. The second kappa shape index (κ2) is 12.0. The van der Waals surface area contributed by atoms with Gasteiger partial charge in [-0.1, -0.05) is 0 Å². The van der Waals surface area contributed by atoms with E-state index in [0.29, 0.717) is 67.0 Å². The Morgan fingerprint density at radius 2 is 2.17 bits per heavy atom. The van der Waals surface area contributed by atoms with Gasteiger partial charge in [0, 0.05) is 57.3 Å². The minimum atomic E-state index is -0.835. The average Bonchev–Trinajstić information content (AvgIpc) is 3.36. The van der Waals surface area contributed by atoms with E-state index in [2.05, 4.69) is 26.3 Å². The minimum Gasteiger partial charge on any atom is -0.471 e. The summed E-state index contributed by atoms with van der Waals surface area (Å²) in [5.74, 6) is 0.711. The number of allylic oxidation sites excluding steroid dienone is 2. The van der Waals surface area contributed by atoms with Crippen molar-refractivity contribution in [2.45, 2.75) is 38.1 Å². The van der Waals surface area contributed by atoms with Crippen LogP contribution < -0.4 is 15.1 Å². The Labute approximate surface area is 231 Å². The van der Waals surface area contributed by atoms with Crippen molar-refractivity contribution < 1.29 is 23.9 Å². The molecule has 0 unspecified atom stereocenters. The van der Waals surface area contributed by atoms with Crippen LogP contribution in [-0.2, 0) is 27.2 Å². The van der Waals surface area contributed by atoms with E-state index in [0.717, 1.165) is 18.5 Å². The molecule has 2 atom stereocenters. The molecule has 206 valence electrons. The van der Waals surface area contributed by atoms with Gasteiger partial charge in [-0.25, -0.2) is 14.8 Å². The van der Waals surface area contributed by atoms with E-state index in [1.54, 1.807) is 36.4 Å². The maximum Gasteiger partial charge on any atom is 0.328 e. The summed E-state index contributed by atoms with van der Waals surface area (Å²) in [5, 5.41) is 12.4. The fourth-order valence-electron chi connectivity index (χ4n) is 5.11. The average molecular weight is 544 g/mol. The molecule has 12 nitrogen and oxygen atoms in total. The lowest BCUT2D eigenvalue weighted by Gasteiger charge is -2.30. The number of carbonyl (C=O) groups is 3. The molecule has 0 spiro atoms. The van der Waals surface area contributed by atoms with Crippen LogP contribution in [0.25, 0.3) is 0 Å². The van der Waals surface area contributed by atoms with Crippen molar-refractivity contribution in [1.82, 2.24) is 14.9 Å². The summed E-state index contributed by atoms with van der Waals surface area (Å²) in [6.45, 7) is 2.01. The van der Waals surface area contributed by atoms with Gasteiger partial charge in [0.15, 0.2) is 12.6 Å². The van der Waals surface area contributed by atoms with E-state index in [1.165, 1.54) is 17.4 Å². The first kappa shape index (κ1) is 26.8. The van der Waals surface area contributed by atoms with Crippen LogP contribution in [0.5, 0.6) is 0 Å². The number of aldehydes is 2. The number of nitriles is 1.